The SMILES string of the molecule is CC(C)C(=Cc1cnn(-c2ccccc2)n1)CNC1CC1. The average Bonchev–Trinajstić information content (AvgIpc) is 3.21. The van der Waals surface area contributed by atoms with Crippen LogP contribution in [0.4, 0.5) is 0 Å². The van der Waals surface area contributed by atoms with E-state index in [1.807, 2.05) is 36.5 Å². The van der Waals surface area contributed by atoms with E-state index in [9.17, 15) is 0 Å². The van der Waals surface area contributed by atoms with Gasteiger partial charge in [-0.2, -0.15) is 9.90 Å². The lowest BCUT2D eigenvalue weighted by Crippen LogP contribution is -2.21. The van der Waals surface area contributed by atoms with Crippen molar-refractivity contribution in [3.05, 3.63) is 47.8 Å². The highest BCUT2D eigenvalue weighted by Crippen LogP contribution is 2.20. The summed E-state index contributed by atoms with van der Waals surface area (Å²) in [4.78, 5) is 1.68. The highest BCUT2D eigenvalue weighted by atomic mass is 15.5. The molecule has 0 bridgehead atoms. The molecule has 1 fully saturated rings. The van der Waals surface area contributed by atoms with Crippen molar-refractivity contribution in [3.8, 4) is 5.69 Å². The third-order valence-corrected chi connectivity index (χ3v) is 3.74. The zero-order chi connectivity index (χ0) is 14.7. The van der Waals surface area contributed by atoms with Crippen LogP contribution < -0.4 is 5.32 Å². The van der Waals surface area contributed by atoms with Crippen LogP contribution in [-0.2, 0) is 0 Å². The first-order valence-corrected chi connectivity index (χ1v) is 7.64. The van der Waals surface area contributed by atoms with Crippen molar-refractivity contribution in [1.82, 2.24) is 20.3 Å². The van der Waals surface area contributed by atoms with E-state index >= 15 is 0 Å². The number of benzene rings is 1. The quantitative estimate of drug-likeness (QED) is 0.885. The van der Waals surface area contributed by atoms with Gasteiger partial charge in [-0.15, -0.1) is 5.10 Å². The van der Waals surface area contributed by atoms with Crippen molar-refractivity contribution in [2.45, 2.75) is 32.7 Å². The Kier molecular flexibility index (Phi) is 4.15. The molecule has 0 spiro atoms. The van der Waals surface area contributed by atoms with Crippen molar-refractivity contribution in [2.24, 2.45) is 5.92 Å². The molecule has 110 valence electrons. The van der Waals surface area contributed by atoms with Crippen LogP contribution in [0.3, 0.4) is 0 Å². The van der Waals surface area contributed by atoms with Crippen molar-refractivity contribution in [3.63, 3.8) is 0 Å². The van der Waals surface area contributed by atoms with Crippen LogP contribution in [0.5, 0.6) is 0 Å². The number of hydrogen-bond donors (Lipinski definition) is 1. The summed E-state index contributed by atoms with van der Waals surface area (Å²) >= 11 is 0. The summed E-state index contributed by atoms with van der Waals surface area (Å²) in [7, 11) is 0. The molecule has 21 heavy (non-hydrogen) atoms. The summed E-state index contributed by atoms with van der Waals surface area (Å²) in [5, 5.41) is 12.5. The first-order chi connectivity index (χ1) is 10.2. The Bertz CT molecular complexity index is 609. The molecule has 1 aromatic heterocycles. The lowest BCUT2D eigenvalue weighted by Gasteiger charge is -2.11. The number of nitrogens with zero attached hydrogens (tertiary/aromatic N) is 3. The van der Waals surface area contributed by atoms with Gasteiger partial charge in [-0.3, -0.25) is 0 Å². The second-order valence-electron chi connectivity index (χ2n) is 5.92. The van der Waals surface area contributed by atoms with E-state index in [1.165, 1.54) is 18.4 Å². The fourth-order valence-electron chi connectivity index (χ4n) is 2.19. The second-order valence-corrected chi connectivity index (χ2v) is 5.92. The fourth-order valence-corrected chi connectivity index (χ4v) is 2.19. The highest BCUT2D eigenvalue weighted by molar-refractivity contribution is 5.49. The molecular weight excluding hydrogens is 260 g/mol. The molecule has 1 N–H and O–H groups in total. The number of hydrogen-bond acceptors (Lipinski definition) is 3. The molecular formula is C17H22N4. The lowest BCUT2D eigenvalue weighted by atomic mass is 10.0. The van der Waals surface area contributed by atoms with Crippen LogP contribution in [0.25, 0.3) is 11.8 Å². The van der Waals surface area contributed by atoms with Gasteiger partial charge in [0, 0.05) is 12.6 Å². The molecule has 2 aromatic rings. The Morgan fingerprint density at radius 1 is 1.33 bits per heavy atom. The molecule has 3 rings (SSSR count). The maximum absolute atomic E-state index is 4.55. The van der Waals surface area contributed by atoms with E-state index in [2.05, 4.69) is 35.4 Å². The third kappa shape index (κ3) is 3.79. The Balaban J connectivity index is 1.75. The van der Waals surface area contributed by atoms with Gasteiger partial charge in [-0.1, -0.05) is 37.6 Å². The fraction of sp³-hybridized carbons (Fsp3) is 0.412. The van der Waals surface area contributed by atoms with Crippen molar-refractivity contribution >= 4 is 6.08 Å². The molecule has 1 heterocycles. The van der Waals surface area contributed by atoms with Gasteiger partial charge in [0.1, 0.15) is 5.69 Å². The van der Waals surface area contributed by atoms with E-state index < -0.39 is 0 Å². The first-order valence-electron chi connectivity index (χ1n) is 7.64. The summed E-state index contributed by atoms with van der Waals surface area (Å²) in [6.45, 7) is 5.39. The molecule has 0 radical (unpaired) electrons. The van der Waals surface area contributed by atoms with Gasteiger partial charge in [-0.25, -0.2) is 0 Å². The van der Waals surface area contributed by atoms with Crippen LogP contribution in [0, 0.1) is 5.92 Å². The monoisotopic (exact) mass is 282 g/mol. The summed E-state index contributed by atoms with van der Waals surface area (Å²) < 4.78 is 0. The van der Waals surface area contributed by atoms with Gasteiger partial charge in [0.25, 0.3) is 0 Å². The Morgan fingerprint density at radius 3 is 2.76 bits per heavy atom. The van der Waals surface area contributed by atoms with E-state index in [0.29, 0.717) is 5.92 Å². The van der Waals surface area contributed by atoms with Crippen molar-refractivity contribution in [2.75, 3.05) is 6.54 Å². The summed E-state index contributed by atoms with van der Waals surface area (Å²) in [6.07, 6.45) is 6.62. The topological polar surface area (TPSA) is 42.7 Å². The molecule has 1 aliphatic carbocycles. The predicted octanol–water partition coefficient (Wildman–Crippen LogP) is 3.06. The maximum Gasteiger partial charge on any atom is 0.106 e. The molecule has 1 aliphatic rings. The zero-order valence-electron chi connectivity index (χ0n) is 12.7. The zero-order valence-corrected chi connectivity index (χ0v) is 12.7. The van der Waals surface area contributed by atoms with Gasteiger partial charge in [-0.05, 0) is 37.0 Å². The third-order valence-electron chi connectivity index (χ3n) is 3.74. The lowest BCUT2D eigenvalue weighted by molar-refractivity contribution is 0.662. The minimum absolute atomic E-state index is 0.512. The molecule has 1 aromatic carbocycles. The smallest absolute Gasteiger partial charge is 0.106 e. The van der Waals surface area contributed by atoms with E-state index in [1.54, 1.807) is 4.80 Å². The second kappa shape index (κ2) is 6.22. The van der Waals surface area contributed by atoms with Crippen molar-refractivity contribution < 1.29 is 0 Å². The van der Waals surface area contributed by atoms with Crippen molar-refractivity contribution in [1.29, 1.82) is 0 Å². The van der Waals surface area contributed by atoms with Gasteiger partial charge in [0.2, 0.25) is 0 Å². The predicted molar refractivity (Wildman–Crippen MR) is 85.2 cm³/mol. The first kappa shape index (κ1) is 14.0. The molecule has 0 unspecified atom stereocenters. The number of nitrogens with one attached hydrogen (secondary N) is 1. The molecule has 0 amide bonds. The number of para-hydroxylation sites is 1. The Morgan fingerprint density at radius 2 is 2.10 bits per heavy atom. The van der Waals surface area contributed by atoms with Crippen LogP contribution >= 0.6 is 0 Å². The number of rotatable bonds is 6. The molecule has 0 atom stereocenters. The maximum atomic E-state index is 4.55. The summed E-state index contributed by atoms with van der Waals surface area (Å²) in [6, 6.07) is 10.7. The van der Waals surface area contributed by atoms with Crippen LogP contribution in [0.1, 0.15) is 32.4 Å². The summed E-state index contributed by atoms with van der Waals surface area (Å²) in [5.41, 5.74) is 3.28. The largest absolute Gasteiger partial charge is 0.310 e. The molecule has 4 nitrogen and oxygen atoms in total. The standard InChI is InChI=1S/C17H22N4/c1-13(2)14(11-18-15-8-9-15)10-16-12-19-21(20-16)17-6-4-3-5-7-17/h3-7,10,12-13,15,18H,8-9,11H2,1-2H3. The molecule has 1 saturated carbocycles. The van der Waals surface area contributed by atoms with Gasteiger partial charge < -0.3 is 5.32 Å². The summed E-state index contributed by atoms with van der Waals surface area (Å²) in [5.74, 6) is 0.512. The normalized spacial score (nSPS) is 15.7. The van der Waals surface area contributed by atoms with Crippen LogP contribution in [0.2, 0.25) is 0 Å². The van der Waals surface area contributed by atoms with E-state index in [-0.39, 0.29) is 0 Å². The molecule has 0 aliphatic heterocycles. The molecule has 0 saturated heterocycles. The van der Waals surface area contributed by atoms with E-state index in [0.717, 1.165) is 24.0 Å². The Hall–Kier alpha value is -1.94. The van der Waals surface area contributed by atoms with Gasteiger partial charge in [0.15, 0.2) is 0 Å². The van der Waals surface area contributed by atoms with Gasteiger partial charge in [0.05, 0.1) is 11.9 Å². The Labute approximate surface area is 125 Å². The van der Waals surface area contributed by atoms with Crippen LogP contribution in [-0.4, -0.2) is 27.6 Å². The average molecular weight is 282 g/mol. The van der Waals surface area contributed by atoms with E-state index in [4.69, 9.17) is 0 Å². The minimum Gasteiger partial charge on any atom is -0.310 e. The highest BCUT2D eigenvalue weighted by Gasteiger charge is 2.20. The minimum atomic E-state index is 0.512. The number of aromatic nitrogens is 3. The van der Waals surface area contributed by atoms with Gasteiger partial charge >= 0.3 is 0 Å². The van der Waals surface area contributed by atoms with Crippen LogP contribution in [0.15, 0.2) is 42.1 Å². The molecule has 4 heteroatoms.